The molecule has 3 rings (SSSR count). The largest absolute Gasteiger partial charge is 0.311 e. The van der Waals surface area contributed by atoms with Gasteiger partial charge in [0.1, 0.15) is 0 Å². The van der Waals surface area contributed by atoms with E-state index in [-0.39, 0.29) is 0 Å². The van der Waals surface area contributed by atoms with Gasteiger partial charge < -0.3 is 5.32 Å². The summed E-state index contributed by atoms with van der Waals surface area (Å²) in [5, 5.41) is 5.22. The number of hydrogen-bond acceptors (Lipinski definition) is 2. The predicted molar refractivity (Wildman–Crippen MR) is 76.8 cm³/mol. The second kappa shape index (κ2) is 5.09. The van der Waals surface area contributed by atoms with Crippen LogP contribution in [0.5, 0.6) is 0 Å². The Hall–Kier alpha value is -1.38. The molecular weight excluding hydrogens is 244 g/mol. The summed E-state index contributed by atoms with van der Waals surface area (Å²) in [6.07, 6.45) is 8.70. The van der Waals surface area contributed by atoms with Gasteiger partial charge in [-0.3, -0.25) is 4.98 Å². The van der Waals surface area contributed by atoms with Crippen molar-refractivity contribution in [3.05, 3.63) is 47.1 Å². The first-order valence-electron chi connectivity index (χ1n) is 6.28. The molecule has 1 N–H and O–H groups in total. The molecule has 1 aliphatic rings. The van der Waals surface area contributed by atoms with E-state index in [0.717, 1.165) is 34.1 Å². The first kappa shape index (κ1) is 11.7. The van der Waals surface area contributed by atoms with Gasteiger partial charge in [0.15, 0.2) is 0 Å². The monoisotopic (exact) mass is 258 g/mol. The van der Waals surface area contributed by atoms with Gasteiger partial charge in [-0.25, -0.2) is 0 Å². The van der Waals surface area contributed by atoms with Crippen molar-refractivity contribution >= 4 is 28.6 Å². The summed E-state index contributed by atoms with van der Waals surface area (Å²) < 4.78 is 0. The second-order valence-electron chi connectivity index (χ2n) is 4.62. The zero-order valence-electron chi connectivity index (χ0n) is 10.1. The minimum atomic E-state index is 0.745. The maximum Gasteiger partial charge on any atom is 0.0789 e. The average Bonchev–Trinajstić information content (AvgIpc) is 3.21. The molecule has 2 nitrogen and oxygen atoms in total. The van der Waals surface area contributed by atoms with E-state index in [1.807, 2.05) is 24.3 Å². The summed E-state index contributed by atoms with van der Waals surface area (Å²) in [5.41, 5.74) is 2.08. The smallest absolute Gasteiger partial charge is 0.0789 e. The third kappa shape index (κ3) is 2.55. The van der Waals surface area contributed by atoms with Crippen molar-refractivity contribution in [1.29, 1.82) is 0 Å². The molecule has 0 saturated heterocycles. The van der Waals surface area contributed by atoms with Crippen LogP contribution in [0.15, 0.2) is 36.5 Å². The molecule has 0 atom stereocenters. The molecule has 1 aliphatic carbocycles. The van der Waals surface area contributed by atoms with Crippen LogP contribution in [0.2, 0.25) is 5.02 Å². The summed E-state index contributed by atoms with van der Waals surface area (Å²) >= 11 is 6.16. The van der Waals surface area contributed by atoms with Crippen molar-refractivity contribution in [3.63, 3.8) is 0 Å². The Morgan fingerprint density at radius 1 is 1.33 bits per heavy atom. The molecule has 3 heteroatoms. The molecule has 0 bridgehead atoms. The van der Waals surface area contributed by atoms with Crippen LogP contribution in [0.3, 0.4) is 0 Å². The number of halogens is 1. The van der Waals surface area contributed by atoms with Crippen LogP contribution in [0.1, 0.15) is 18.4 Å². The van der Waals surface area contributed by atoms with Crippen LogP contribution in [-0.4, -0.2) is 17.6 Å². The number of fused-ring (bicyclic) bond motifs is 1. The Balaban J connectivity index is 1.84. The van der Waals surface area contributed by atoms with Crippen LogP contribution in [0.4, 0.5) is 0 Å². The third-order valence-corrected chi connectivity index (χ3v) is 3.48. The highest BCUT2D eigenvalue weighted by atomic mass is 35.5. The summed E-state index contributed by atoms with van der Waals surface area (Å²) in [5.74, 6) is 0. The minimum absolute atomic E-state index is 0.745. The molecule has 1 aromatic carbocycles. The van der Waals surface area contributed by atoms with E-state index in [9.17, 15) is 0 Å². The van der Waals surface area contributed by atoms with E-state index in [1.165, 1.54) is 12.8 Å². The zero-order valence-corrected chi connectivity index (χ0v) is 10.8. The first-order chi connectivity index (χ1) is 8.84. The number of benzene rings is 1. The fourth-order valence-corrected chi connectivity index (χ4v) is 2.22. The zero-order chi connectivity index (χ0) is 12.4. The second-order valence-corrected chi connectivity index (χ2v) is 5.03. The number of nitrogens with zero attached hydrogens (tertiary/aromatic N) is 1. The van der Waals surface area contributed by atoms with Crippen LogP contribution in [0.25, 0.3) is 17.0 Å². The van der Waals surface area contributed by atoms with E-state index < -0.39 is 0 Å². The molecule has 0 amide bonds. The molecule has 1 heterocycles. The van der Waals surface area contributed by atoms with Gasteiger partial charge in [-0.05, 0) is 31.0 Å². The molecule has 0 radical (unpaired) electrons. The molecule has 1 saturated carbocycles. The van der Waals surface area contributed by atoms with E-state index in [4.69, 9.17) is 11.6 Å². The molecule has 1 fully saturated rings. The highest BCUT2D eigenvalue weighted by molar-refractivity contribution is 6.35. The Labute approximate surface area is 112 Å². The normalized spacial score (nSPS) is 15.6. The van der Waals surface area contributed by atoms with Crippen LogP contribution >= 0.6 is 11.6 Å². The van der Waals surface area contributed by atoms with Gasteiger partial charge in [-0.2, -0.15) is 0 Å². The lowest BCUT2D eigenvalue weighted by Crippen LogP contribution is -2.15. The maximum atomic E-state index is 6.16. The SMILES string of the molecule is Clc1ccc(/C=C/CNC2CC2)c2ncccc12. The minimum Gasteiger partial charge on any atom is -0.311 e. The van der Waals surface area contributed by atoms with Gasteiger partial charge in [0.2, 0.25) is 0 Å². The number of rotatable bonds is 4. The van der Waals surface area contributed by atoms with E-state index >= 15 is 0 Å². The standard InChI is InChI=1S/C15H15ClN2/c16-14-8-5-11(3-1-9-17-12-6-7-12)15-13(14)4-2-10-18-15/h1-5,8,10,12,17H,6-7,9H2/b3-1+. The number of hydrogen-bond donors (Lipinski definition) is 1. The van der Waals surface area contributed by atoms with Crippen molar-refractivity contribution in [3.8, 4) is 0 Å². The topological polar surface area (TPSA) is 24.9 Å². The fourth-order valence-electron chi connectivity index (χ4n) is 2.00. The van der Waals surface area contributed by atoms with Crippen LogP contribution in [0, 0.1) is 0 Å². The Kier molecular flexibility index (Phi) is 3.31. The van der Waals surface area contributed by atoms with Gasteiger partial charge in [-0.15, -0.1) is 0 Å². The Bertz CT molecular complexity index is 588. The fraction of sp³-hybridized carbons (Fsp3) is 0.267. The maximum absolute atomic E-state index is 6.16. The summed E-state index contributed by atoms with van der Waals surface area (Å²) in [6.45, 7) is 0.918. The van der Waals surface area contributed by atoms with Gasteiger partial charge in [0.05, 0.1) is 10.5 Å². The van der Waals surface area contributed by atoms with E-state index in [1.54, 1.807) is 6.20 Å². The number of nitrogens with one attached hydrogen (secondary N) is 1. The molecule has 0 spiro atoms. The predicted octanol–water partition coefficient (Wildman–Crippen LogP) is 3.65. The van der Waals surface area contributed by atoms with Gasteiger partial charge in [-0.1, -0.05) is 29.8 Å². The third-order valence-electron chi connectivity index (χ3n) is 3.15. The number of aromatic nitrogens is 1. The van der Waals surface area contributed by atoms with Crippen molar-refractivity contribution in [2.75, 3.05) is 6.54 Å². The van der Waals surface area contributed by atoms with Crippen molar-refractivity contribution < 1.29 is 0 Å². The summed E-state index contributed by atoms with van der Waals surface area (Å²) in [7, 11) is 0. The molecule has 18 heavy (non-hydrogen) atoms. The van der Waals surface area contributed by atoms with Crippen molar-refractivity contribution in [2.45, 2.75) is 18.9 Å². The number of pyridine rings is 1. The molecular formula is C15H15ClN2. The van der Waals surface area contributed by atoms with Gasteiger partial charge >= 0.3 is 0 Å². The first-order valence-corrected chi connectivity index (χ1v) is 6.65. The van der Waals surface area contributed by atoms with Crippen LogP contribution in [-0.2, 0) is 0 Å². The average molecular weight is 259 g/mol. The summed E-state index contributed by atoms with van der Waals surface area (Å²) in [6, 6.07) is 8.61. The lowest BCUT2D eigenvalue weighted by atomic mass is 10.1. The van der Waals surface area contributed by atoms with E-state index in [2.05, 4.69) is 22.5 Å². The quantitative estimate of drug-likeness (QED) is 0.905. The van der Waals surface area contributed by atoms with E-state index in [0.29, 0.717) is 0 Å². The molecule has 92 valence electrons. The van der Waals surface area contributed by atoms with Crippen molar-refractivity contribution in [2.24, 2.45) is 0 Å². The lowest BCUT2D eigenvalue weighted by molar-refractivity contribution is 0.754. The molecule has 0 unspecified atom stereocenters. The van der Waals surface area contributed by atoms with Gasteiger partial charge in [0, 0.05) is 29.7 Å². The lowest BCUT2D eigenvalue weighted by Gasteiger charge is -2.03. The Morgan fingerprint density at radius 2 is 2.22 bits per heavy atom. The highest BCUT2D eigenvalue weighted by Gasteiger charge is 2.18. The molecule has 2 aromatic rings. The Morgan fingerprint density at radius 3 is 3.06 bits per heavy atom. The van der Waals surface area contributed by atoms with Crippen molar-refractivity contribution in [1.82, 2.24) is 10.3 Å². The molecule has 1 aromatic heterocycles. The highest BCUT2D eigenvalue weighted by Crippen LogP contribution is 2.25. The van der Waals surface area contributed by atoms with Crippen LogP contribution < -0.4 is 5.32 Å². The van der Waals surface area contributed by atoms with Gasteiger partial charge in [0.25, 0.3) is 0 Å². The summed E-state index contributed by atoms with van der Waals surface area (Å²) in [4.78, 5) is 4.41. The molecule has 0 aliphatic heterocycles.